The highest BCUT2D eigenvalue weighted by atomic mass is 32.2. The molecule has 10 nitrogen and oxygen atoms in total. The smallest absolute Gasteiger partial charge is 0.256 e. The molecule has 0 radical (unpaired) electrons. The zero-order valence-electron chi connectivity index (χ0n) is 16.9. The van der Waals surface area contributed by atoms with E-state index in [-0.39, 0.29) is 28.6 Å². The average Bonchev–Trinajstić information content (AvgIpc) is 3.21. The molecular weight excluding hydrogens is 410 g/mol. The molecule has 0 spiro atoms. The van der Waals surface area contributed by atoms with Gasteiger partial charge in [0.15, 0.2) is 0 Å². The maximum absolute atomic E-state index is 13.0. The molecule has 1 aliphatic rings. The fourth-order valence-corrected chi connectivity index (χ4v) is 5.01. The molecule has 1 aromatic heterocycles. The third-order valence-corrected chi connectivity index (χ3v) is 6.71. The van der Waals surface area contributed by atoms with Crippen LogP contribution in [0.1, 0.15) is 31.0 Å². The third kappa shape index (κ3) is 4.62. The number of sulfonamides is 1. The number of hydrogen-bond donors (Lipinski definition) is 3. The number of aromatic nitrogens is 2. The first-order valence-electron chi connectivity index (χ1n) is 9.64. The molecule has 3 rings (SSSR count). The second-order valence-electron chi connectivity index (χ2n) is 6.95. The standard InChI is InChI=1S/C19H25N5O5S/c1-3-29-15-7-6-13(10-16(15)30(27,28)24-8-4-5-9-24)22-17(25)11-14-12(2)21-19(20)23-18(14)26/h6-7,10H,3-5,8-9,11H2,1-2H3,(H,22,25)(H3,20,21,23,26). The van der Waals surface area contributed by atoms with Crippen LogP contribution in [0.2, 0.25) is 0 Å². The van der Waals surface area contributed by atoms with Crippen molar-refractivity contribution in [2.24, 2.45) is 0 Å². The topological polar surface area (TPSA) is 147 Å². The quantitative estimate of drug-likeness (QED) is 0.588. The summed E-state index contributed by atoms with van der Waals surface area (Å²) in [5, 5.41) is 2.64. The minimum absolute atomic E-state index is 0.00669. The maximum Gasteiger partial charge on any atom is 0.256 e. The van der Waals surface area contributed by atoms with Gasteiger partial charge in [-0.3, -0.25) is 14.6 Å². The SMILES string of the molecule is CCOc1ccc(NC(=O)Cc2c(C)nc(N)[nH]c2=O)cc1S(=O)(=O)N1CCCC1. The van der Waals surface area contributed by atoms with Crippen LogP contribution in [-0.4, -0.2) is 48.3 Å². The lowest BCUT2D eigenvalue weighted by Crippen LogP contribution is -2.28. The van der Waals surface area contributed by atoms with E-state index in [1.165, 1.54) is 16.4 Å². The molecule has 162 valence electrons. The Balaban J connectivity index is 1.86. The van der Waals surface area contributed by atoms with Crippen molar-refractivity contribution in [3.05, 3.63) is 39.8 Å². The lowest BCUT2D eigenvalue weighted by Gasteiger charge is -2.19. The molecule has 1 amide bonds. The van der Waals surface area contributed by atoms with Crippen molar-refractivity contribution in [2.45, 2.75) is 38.0 Å². The first-order valence-corrected chi connectivity index (χ1v) is 11.1. The number of amides is 1. The summed E-state index contributed by atoms with van der Waals surface area (Å²) in [6.45, 7) is 4.57. The zero-order chi connectivity index (χ0) is 21.9. The summed E-state index contributed by atoms with van der Waals surface area (Å²) < 4.78 is 33.0. The molecule has 2 heterocycles. The number of nitrogens with zero attached hydrogens (tertiary/aromatic N) is 2. The van der Waals surface area contributed by atoms with Gasteiger partial charge in [0.1, 0.15) is 10.6 Å². The average molecular weight is 436 g/mol. The summed E-state index contributed by atoms with van der Waals surface area (Å²) in [7, 11) is -3.75. The van der Waals surface area contributed by atoms with Gasteiger partial charge in [-0.25, -0.2) is 13.4 Å². The summed E-state index contributed by atoms with van der Waals surface area (Å²) in [6.07, 6.45) is 1.39. The molecule has 0 atom stereocenters. The van der Waals surface area contributed by atoms with Crippen molar-refractivity contribution in [1.82, 2.24) is 14.3 Å². The van der Waals surface area contributed by atoms with E-state index in [1.54, 1.807) is 19.9 Å². The van der Waals surface area contributed by atoms with Gasteiger partial charge >= 0.3 is 0 Å². The van der Waals surface area contributed by atoms with Crippen LogP contribution in [-0.2, 0) is 21.2 Å². The molecule has 2 aromatic rings. The zero-order valence-corrected chi connectivity index (χ0v) is 17.7. The van der Waals surface area contributed by atoms with Crippen LogP contribution < -0.4 is 21.3 Å². The van der Waals surface area contributed by atoms with Crippen molar-refractivity contribution in [2.75, 3.05) is 30.7 Å². The number of nitrogen functional groups attached to an aromatic ring is 1. The number of benzene rings is 1. The van der Waals surface area contributed by atoms with Crippen molar-refractivity contribution >= 4 is 27.6 Å². The fraction of sp³-hybridized carbons (Fsp3) is 0.421. The van der Waals surface area contributed by atoms with E-state index >= 15 is 0 Å². The Morgan fingerprint density at radius 3 is 2.67 bits per heavy atom. The molecule has 30 heavy (non-hydrogen) atoms. The van der Waals surface area contributed by atoms with E-state index < -0.39 is 21.5 Å². The number of anilines is 2. The second kappa shape index (κ2) is 8.84. The second-order valence-corrected chi connectivity index (χ2v) is 8.85. The monoisotopic (exact) mass is 435 g/mol. The van der Waals surface area contributed by atoms with Gasteiger partial charge in [-0.1, -0.05) is 0 Å². The van der Waals surface area contributed by atoms with E-state index in [9.17, 15) is 18.0 Å². The van der Waals surface area contributed by atoms with Crippen molar-refractivity contribution < 1.29 is 17.9 Å². The number of aromatic amines is 1. The maximum atomic E-state index is 13.0. The minimum atomic E-state index is -3.75. The predicted molar refractivity (Wildman–Crippen MR) is 112 cm³/mol. The van der Waals surface area contributed by atoms with Gasteiger partial charge in [0.2, 0.25) is 21.9 Å². The Kier molecular flexibility index (Phi) is 6.42. The van der Waals surface area contributed by atoms with Gasteiger partial charge in [-0.15, -0.1) is 0 Å². The highest BCUT2D eigenvalue weighted by Crippen LogP contribution is 2.31. The van der Waals surface area contributed by atoms with Crippen LogP contribution in [0.5, 0.6) is 5.75 Å². The largest absolute Gasteiger partial charge is 0.492 e. The third-order valence-electron chi connectivity index (χ3n) is 4.79. The van der Waals surface area contributed by atoms with Crippen molar-refractivity contribution in [1.29, 1.82) is 0 Å². The van der Waals surface area contributed by atoms with E-state index in [1.807, 2.05) is 0 Å². The number of ether oxygens (including phenoxy) is 1. The molecule has 11 heteroatoms. The molecule has 0 saturated carbocycles. The molecule has 1 saturated heterocycles. The van der Waals surface area contributed by atoms with Gasteiger partial charge in [0.25, 0.3) is 5.56 Å². The number of rotatable bonds is 7. The Bertz CT molecular complexity index is 1110. The molecule has 1 aliphatic heterocycles. The molecule has 0 unspecified atom stereocenters. The van der Waals surface area contributed by atoms with Crippen LogP contribution in [0, 0.1) is 6.92 Å². The van der Waals surface area contributed by atoms with Crippen molar-refractivity contribution in [3.8, 4) is 5.75 Å². The van der Waals surface area contributed by atoms with E-state index in [0.717, 1.165) is 12.8 Å². The summed E-state index contributed by atoms with van der Waals surface area (Å²) in [4.78, 5) is 30.9. The van der Waals surface area contributed by atoms with Gasteiger partial charge < -0.3 is 15.8 Å². The molecule has 1 aromatic carbocycles. The lowest BCUT2D eigenvalue weighted by molar-refractivity contribution is -0.115. The molecular formula is C19H25N5O5S. The van der Waals surface area contributed by atoms with E-state index in [4.69, 9.17) is 10.5 Å². The number of H-pyrrole nitrogens is 1. The minimum Gasteiger partial charge on any atom is -0.492 e. The fourth-order valence-electron chi connectivity index (χ4n) is 3.34. The molecule has 0 bridgehead atoms. The lowest BCUT2D eigenvalue weighted by atomic mass is 10.1. The van der Waals surface area contributed by atoms with Crippen LogP contribution in [0.3, 0.4) is 0 Å². The number of nitrogens with two attached hydrogens (primary N) is 1. The van der Waals surface area contributed by atoms with Gasteiger partial charge in [-0.2, -0.15) is 4.31 Å². The van der Waals surface area contributed by atoms with Gasteiger partial charge in [-0.05, 0) is 44.9 Å². The van der Waals surface area contributed by atoms with Gasteiger partial charge in [0.05, 0.1) is 18.7 Å². The Hall–Kier alpha value is -2.92. The number of carbonyl (C=O) groups excluding carboxylic acids is 1. The summed E-state index contributed by atoms with van der Waals surface area (Å²) in [5.41, 5.74) is 5.84. The van der Waals surface area contributed by atoms with Crippen LogP contribution in [0.15, 0.2) is 27.9 Å². The predicted octanol–water partition coefficient (Wildman–Crippen LogP) is 1.02. The number of nitrogens with one attached hydrogen (secondary N) is 2. The first kappa shape index (κ1) is 21.8. The summed E-state index contributed by atoms with van der Waals surface area (Å²) in [6, 6.07) is 4.46. The Morgan fingerprint density at radius 1 is 1.33 bits per heavy atom. The normalized spacial score (nSPS) is 14.6. The Labute approximate surface area is 174 Å². The summed E-state index contributed by atoms with van der Waals surface area (Å²) in [5.74, 6) is -0.272. The van der Waals surface area contributed by atoms with E-state index in [2.05, 4.69) is 15.3 Å². The van der Waals surface area contributed by atoms with Crippen LogP contribution >= 0.6 is 0 Å². The highest BCUT2D eigenvalue weighted by Gasteiger charge is 2.30. The number of carbonyl (C=O) groups is 1. The number of aryl methyl sites for hydroxylation is 1. The van der Waals surface area contributed by atoms with Crippen molar-refractivity contribution in [3.63, 3.8) is 0 Å². The summed E-state index contributed by atoms with van der Waals surface area (Å²) >= 11 is 0. The highest BCUT2D eigenvalue weighted by molar-refractivity contribution is 7.89. The molecule has 1 fully saturated rings. The van der Waals surface area contributed by atoms with Crippen LogP contribution in [0.4, 0.5) is 11.6 Å². The first-order chi connectivity index (χ1) is 14.2. The Morgan fingerprint density at radius 2 is 2.03 bits per heavy atom. The molecule has 0 aliphatic carbocycles. The molecule has 4 N–H and O–H groups in total. The number of hydrogen-bond acceptors (Lipinski definition) is 7. The van der Waals surface area contributed by atoms with Crippen LogP contribution in [0.25, 0.3) is 0 Å². The van der Waals surface area contributed by atoms with Gasteiger partial charge in [0, 0.05) is 24.3 Å². The van der Waals surface area contributed by atoms with E-state index in [0.29, 0.717) is 31.1 Å².